The van der Waals surface area contributed by atoms with Crippen molar-refractivity contribution in [1.29, 1.82) is 0 Å². The third-order valence-corrected chi connectivity index (χ3v) is 6.02. The number of carbonyl (C=O) groups is 2. The second kappa shape index (κ2) is 8.58. The number of aliphatic hydroxyl groups is 1. The summed E-state index contributed by atoms with van der Waals surface area (Å²) >= 11 is 0. The van der Waals surface area contributed by atoms with Gasteiger partial charge in [-0.25, -0.2) is 9.59 Å². The van der Waals surface area contributed by atoms with Crippen LogP contribution in [0.15, 0.2) is 48.5 Å². The molecule has 2 amide bonds. The number of fused-ring (bicyclic) bond motifs is 3. The van der Waals surface area contributed by atoms with E-state index >= 15 is 0 Å². The number of amides is 2. The molecule has 1 N–H and O–H groups in total. The molecule has 1 unspecified atom stereocenters. The summed E-state index contributed by atoms with van der Waals surface area (Å²) in [5.41, 5.74) is 2.57. The second-order valence-corrected chi connectivity index (χ2v) is 8.10. The first-order valence-corrected chi connectivity index (χ1v) is 10.7. The van der Waals surface area contributed by atoms with Gasteiger partial charge in [-0.3, -0.25) is 4.90 Å². The van der Waals surface area contributed by atoms with Crippen LogP contribution in [0.4, 0.5) is 21.0 Å². The molecule has 2 saturated heterocycles. The fourth-order valence-electron chi connectivity index (χ4n) is 4.33. The van der Waals surface area contributed by atoms with E-state index in [9.17, 15) is 14.7 Å². The van der Waals surface area contributed by atoms with Crippen LogP contribution in [0.3, 0.4) is 0 Å². The van der Waals surface area contributed by atoms with E-state index < -0.39 is 12.2 Å². The summed E-state index contributed by atoms with van der Waals surface area (Å²) in [6.45, 7) is 2.53. The van der Waals surface area contributed by atoms with Crippen LogP contribution >= 0.6 is 0 Å². The summed E-state index contributed by atoms with van der Waals surface area (Å²) in [5, 5.41) is 9.25. The fourth-order valence-corrected chi connectivity index (χ4v) is 4.33. The molecule has 3 aliphatic rings. The van der Waals surface area contributed by atoms with Gasteiger partial charge in [-0.2, -0.15) is 0 Å². The van der Waals surface area contributed by atoms with Gasteiger partial charge >= 0.3 is 12.2 Å². The molecule has 168 valence electrons. The minimum absolute atomic E-state index is 0.0295. The molecule has 0 bridgehead atoms. The topological polar surface area (TPSA) is 91.8 Å². The molecular formula is C23H25N3O6. The van der Waals surface area contributed by atoms with Crippen molar-refractivity contribution in [3.8, 4) is 5.75 Å². The molecule has 9 nitrogen and oxygen atoms in total. The van der Waals surface area contributed by atoms with Crippen LogP contribution in [-0.4, -0.2) is 73.7 Å². The SMILES string of the molecule is O=C(OCc1ccccc1)N1CCN2c3ccc(N4C[C@H](CO)OC4=O)cc3OCC2C1. The van der Waals surface area contributed by atoms with E-state index in [1.807, 2.05) is 48.5 Å². The monoisotopic (exact) mass is 439 g/mol. The Kier molecular flexibility index (Phi) is 5.48. The van der Waals surface area contributed by atoms with Crippen LogP contribution in [0, 0.1) is 0 Å². The minimum Gasteiger partial charge on any atom is -0.489 e. The van der Waals surface area contributed by atoms with Gasteiger partial charge in [-0.1, -0.05) is 30.3 Å². The molecule has 0 radical (unpaired) electrons. The third-order valence-electron chi connectivity index (χ3n) is 6.02. The maximum absolute atomic E-state index is 12.5. The Balaban J connectivity index is 1.23. The standard InChI is InChI=1S/C23H25N3O6/c27-13-19-12-26(23(29)32-19)17-6-7-20-21(10-17)30-15-18-11-24(8-9-25(18)20)22(28)31-14-16-4-2-1-3-5-16/h1-7,10,18-19,27H,8-9,11-15H2/t18?,19-/m1/s1. The number of benzene rings is 2. The lowest BCUT2D eigenvalue weighted by atomic mass is 10.1. The molecule has 2 fully saturated rings. The van der Waals surface area contributed by atoms with Gasteiger partial charge in [0.1, 0.15) is 25.1 Å². The molecule has 2 aromatic rings. The molecule has 0 aliphatic carbocycles. The molecule has 0 saturated carbocycles. The number of aliphatic hydroxyl groups excluding tert-OH is 1. The van der Waals surface area contributed by atoms with Crippen molar-refractivity contribution in [2.24, 2.45) is 0 Å². The first kappa shape index (κ1) is 20.4. The Morgan fingerprint density at radius 1 is 1.12 bits per heavy atom. The molecular weight excluding hydrogens is 414 g/mol. The van der Waals surface area contributed by atoms with Crippen LogP contribution in [0.1, 0.15) is 5.56 Å². The number of ether oxygens (including phenoxy) is 3. The van der Waals surface area contributed by atoms with E-state index in [1.165, 1.54) is 4.90 Å². The van der Waals surface area contributed by atoms with Crippen molar-refractivity contribution in [3.05, 3.63) is 54.1 Å². The van der Waals surface area contributed by atoms with Gasteiger partial charge in [-0.05, 0) is 17.7 Å². The molecule has 32 heavy (non-hydrogen) atoms. The minimum atomic E-state index is -0.515. The van der Waals surface area contributed by atoms with Crippen molar-refractivity contribution in [1.82, 2.24) is 4.90 Å². The highest BCUT2D eigenvalue weighted by Crippen LogP contribution is 2.39. The molecule has 0 spiro atoms. The highest BCUT2D eigenvalue weighted by atomic mass is 16.6. The van der Waals surface area contributed by atoms with Crippen LogP contribution < -0.4 is 14.5 Å². The lowest BCUT2D eigenvalue weighted by Gasteiger charge is -2.45. The lowest BCUT2D eigenvalue weighted by molar-refractivity contribution is 0.0830. The zero-order valence-electron chi connectivity index (χ0n) is 17.6. The third kappa shape index (κ3) is 3.91. The predicted octanol–water partition coefficient (Wildman–Crippen LogP) is 2.22. The van der Waals surface area contributed by atoms with Gasteiger partial charge in [0.05, 0.1) is 30.6 Å². The van der Waals surface area contributed by atoms with Crippen LogP contribution in [0.2, 0.25) is 0 Å². The summed E-state index contributed by atoms with van der Waals surface area (Å²) in [6.07, 6.45) is -1.31. The Bertz CT molecular complexity index is 1000. The summed E-state index contributed by atoms with van der Waals surface area (Å²) in [6, 6.07) is 15.3. The fraction of sp³-hybridized carbons (Fsp3) is 0.391. The van der Waals surface area contributed by atoms with E-state index in [1.54, 1.807) is 4.90 Å². The Hall–Kier alpha value is -3.46. The van der Waals surface area contributed by atoms with E-state index in [0.717, 1.165) is 11.3 Å². The molecule has 2 atom stereocenters. The van der Waals surface area contributed by atoms with Gasteiger partial charge in [0.2, 0.25) is 0 Å². The zero-order chi connectivity index (χ0) is 22.1. The van der Waals surface area contributed by atoms with Crippen LogP contribution in [-0.2, 0) is 16.1 Å². The molecule has 9 heteroatoms. The number of anilines is 2. The number of nitrogens with zero attached hydrogens (tertiary/aromatic N) is 3. The second-order valence-electron chi connectivity index (χ2n) is 8.10. The number of carbonyl (C=O) groups excluding carboxylic acids is 2. The van der Waals surface area contributed by atoms with Crippen LogP contribution in [0.5, 0.6) is 5.75 Å². The van der Waals surface area contributed by atoms with E-state index in [2.05, 4.69) is 4.90 Å². The summed E-state index contributed by atoms with van der Waals surface area (Å²) in [5.74, 6) is 0.694. The van der Waals surface area contributed by atoms with Crippen molar-refractivity contribution < 1.29 is 28.9 Å². The Morgan fingerprint density at radius 3 is 2.75 bits per heavy atom. The van der Waals surface area contributed by atoms with E-state index in [0.29, 0.717) is 44.2 Å². The molecule has 5 rings (SSSR count). The summed E-state index contributed by atoms with van der Waals surface area (Å²) in [7, 11) is 0. The van der Waals surface area contributed by atoms with Crippen LogP contribution in [0.25, 0.3) is 0 Å². The van der Waals surface area contributed by atoms with Crippen molar-refractivity contribution >= 4 is 23.6 Å². The first-order valence-electron chi connectivity index (χ1n) is 10.7. The first-order chi connectivity index (χ1) is 15.6. The van der Waals surface area contributed by atoms with E-state index in [4.69, 9.17) is 14.2 Å². The van der Waals surface area contributed by atoms with Crippen molar-refractivity contribution in [2.75, 3.05) is 49.2 Å². The summed E-state index contributed by atoms with van der Waals surface area (Å²) < 4.78 is 16.6. The van der Waals surface area contributed by atoms with Crippen molar-refractivity contribution in [2.45, 2.75) is 18.8 Å². The van der Waals surface area contributed by atoms with Gasteiger partial charge in [0, 0.05) is 25.7 Å². The van der Waals surface area contributed by atoms with Gasteiger partial charge < -0.3 is 29.1 Å². The Morgan fingerprint density at radius 2 is 1.97 bits per heavy atom. The maximum Gasteiger partial charge on any atom is 0.414 e. The Labute approximate surface area is 185 Å². The highest BCUT2D eigenvalue weighted by molar-refractivity contribution is 5.90. The average Bonchev–Trinajstić information content (AvgIpc) is 3.23. The summed E-state index contributed by atoms with van der Waals surface area (Å²) in [4.78, 5) is 30.1. The number of hydrogen-bond acceptors (Lipinski definition) is 7. The zero-order valence-corrected chi connectivity index (χ0v) is 17.6. The molecule has 2 aromatic carbocycles. The van der Waals surface area contributed by atoms with Gasteiger partial charge in [-0.15, -0.1) is 0 Å². The predicted molar refractivity (Wildman–Crippen MR) is 116 cm³/mol. The van der Waals surface area contributed by atoms with E-state index in [-0.39, 0.29) is 25.3 Å². The average molecular weight is 439 g/mol. The normalized spacial score (nSPS) is 22.0. The molecule has 3 heterocycles. The number of piperazine rings is 1. The molecule has 3 aliphatic heterocycles. The van der Waals surface area contributed by atoms with Crippen molar-refractivity contribution in [3.63, 3.8) is 0 Å². The maximum atomic E-state index is 12.5. The molecule has 0 aromatic heterocycles. The number of hydrogen-bond donors (Lipinski definition) is 1. The number of rotatable bonds is 4. The quantitative estimate of drug-likeness (QED) is 0.781. The highest BCUT2D eigenvalue weighted by Gasteiger charge is 2.37. The number of cyclic esters (lactones) is 1. The smallest absolute Gasteiger partial charge is 0.414 e. The van der Waals surface area contributed by atoms with Gasteiger partial charge in [0.25, 0.3) is 0 Å². The van der Waals surface area contributed by atoms with Gasteiger partial charge in [0.15, 0.2) is 0 Å². The largest absolute Gasteiger partial charge is 0.489 e. The lowest BCUT2D eigenvalue weighted by Crippen LogP contribution is -2.58.